The van der Waals surface area contributed by atoms with Crippen molar-refractivity contribution in [1.82, 2.24) is 4.72 Å². The quantitative estimate of drug-likeness (QED) is 0.558. The number of nitrogens with two attached hydrogens (primary N) is 1. The lowest BCUT2D eigenvalue weighted by atomic mass is 10.1. The first-order valence-corrected chi connectivity index (χ1v) is 4.97. The minimum atomic E-state index is -3.19. The average Bonchev–Trinajstić information content (AvgIpc) is 1.55. The van der Waals surface area contributed by atoms with E-state index in [-0.39, 0.29) is 6.61 Å². The van der Waals surface area contributed by atoms with Gasteiger partial charge in [-0.25, -0.2) is 19.0 Å². The van der Waals surface area contributed by atoms with E-state index < -0.39 is 15.6 Å². The Kier molecular flexibility index (Phi) is 3.43. The Balaban J connectivity index is 4.13. The van der Waals surface area contributed by atoms with E-state index in [0.29, 0.717) is 0 Å². The van der Waals surface area contributed by atoms with Crippen LogP contribution in [0.15, 0.2) is 0 Å². The van der Waals surface area contributed by atoms with Crippen LogP contribution in [0.1, 0.15) is 13.8 Å². The minimum Gasteiger partial charge on any atom is -0.303 e. The molecule has 68 valence electrons. The number of hydrogen-bond acceptors (Lipinski definition) is 4. The van der Waals surface area contributed by atoms with Gasteiger partial charge >= 0.3 is 0 Å². The Morgan fingerprint density at radius 2 is 2.00 bits per heavy atom. The molecule has 0 aromatic carbocycles. The van der Waals surface area contributed by atoms with Gasteiger partial charge in [-0.15, -0.1) is 0 Å². The number of hydrogen-bond donors (Lipinski definition) is 2. The van der Waals surface area contributed by atoms with Crippen LogP contribution < -0.4 is 10.6 Å². The van der Waals surface area contributed by atoms with Crippen LogP contribution in [0.5, 0.6) is 0 Å². The molecule has 6 heteroatoms. The molecule has 0 radical (unpaired) electrons. The lowest BCUT2D eigenvalue weighted by molar-refractivity contribution is 0.0930. The fourth-order valence-corrected chi connectivity index (χ4v) is 1.80. The number of sulfonamides is 1. The number of rotatable bonds is 4. The molecule has 0 heterocycles. The third-order valence-electron chi connectivity index (χ3n) is 0.906. The van der Waals surface area contributed by atoms with Crippen LogP contribution in [-0.2, 0) is 14.9 Å². The van der Waals surface area contributed by atoms with Crippen LogP contribution in [0.2, 0.25) is 0 Å². The van der Waals surface area contributed by atoms with E-state index >= 15 is 0 Å². The molecule has 0 aromatic rings. The van der Waals surface area contributed by atoms with Gasteiger partial charge in [-0.05, 0) is 13.8 Å². The van der Waals surface area contributed by atoms with Crippen molar-refractivity contribution in [2.75, 3.05) is 12.9 Å². The highest BCUT2D eigenvalue weighted by Crippen LogP contribution is 2.02. The zero-order chi connectivity index (χ0) is 9.12. The Hall–Kier alpha value is -0.170. The molecule has 0 saturated carbocycles. The molecule has 5 nitrogen and oxygen atoms in total. The largest absolute Gasteiger partial charge is 0.303 e. The van der Waals surface area contributed by atoms with Gasteiger partial charge in [-0.3, -0.25) is 0 Å². The average molecular weight is 182 g/mol. The van der Waals surface area contributed by atoms with Crippen LogP contribution in [0.25, 0.3) is 0 Å². The first-order chi connectivity index (χ1) is 4.77. The molecule has 0 saturated heterocycles. The molecule has 0 spiro atoms. The minimum absolute atomic E-state index is 0.139. The van der Waals surface area contributed by atoms with E-state index in [0.717, 1.165) is 6.26 Å². The summed E-state index contributed by atoms with van der Waals surface area (Å²) in [5.41, 5.74) is -0.650. The van der Waals surface area contributed by atoms with E-state index in [4.69, 9.17) is 5.90 Å². The lowest BCUT2D eigenvalue weighted by Crippen LogP contribution is -2.46. The fraction of sp³-hybridized carbons (Fsp3) is 1.00. The standard InChI is InChI=1S/C5H14N2O3S/c1-5(2,4-10-6)7-11(3,8)9/h7H,4,6H2,1-3H3. The fourth-order valence-electron chi connectivity index (χ4n) is 0.740. The van der Waals surface area contributed by atoms with Gasteiger partial charge in [0.05, 0.1) is 18.4 Å². The zero-order valence-corrected chi connectivity index (χ0v) is 7.73. The maximum absolute atomic E-state index is 10.7. The van der Waals surface area contributed by atoms with Gasteiger partial charge in [0.2, 0.25) is 10.0 Å². The zero-order valence-electron chi connectivity index (χ0n) is 6.92. The normalized spacial score (nSPS) is 13.5. The Labute approximate surface area is 66.9 Å². The molecule has 0 atom stereocenters. The third-order valence-corrected chi connectivity index (χ3v) is 1.83. The summed E-state index contributed by atoms with van der Waals surface area (Å²) in [6, 6.07) is 0. The van der Waals surface area contributed by atoms with E-state index in [1.165, 1.54) is 0 Å². The second kappa shape index (κ2) is 3.48. The molecule has 11 heavy (non-hydrogen) atoms. The van der Waals surface area contributed by atoms with Crippen LogP contribution in [0, 0.1) is 0 Å². The molecule has 0 aliphatic heterocycles. The summed E-state index contributed by atoms with van der Waals surface area (Å²) in [7, 11) is -3.19. The Bertz CT molecular complexity index is 210. The highest BCUT2D eigenvalue weighted by Gasteiger charge is 2.21. The van der Waals surface area contributed by atoms with Crippen molar-refractivity contribution in [3.8, 4) is 0 Å². The number of nitrogens with one attached hydrogen (secondary N) is 1. The molecular weight excluding hydrogens is 168 g/mol. The maximum Gasteiger partial charge on any atom is 0.209 e. The predicted octanol–water partition coefficient (Wildman–Crippen LogP) is -0.795. The summed E-state index contributed by atoms with van der Waals surface area (Å²) >= 11 is 0. The first kappa shape index (κ1) is 10.8. The lowest BCUT2D eigenvalue weighted by Gasteiger charge is -2.22. The summed E-state index contributed by atoms with van der Waals surface area (Å²) < 4.78 is 23.8. The van der Waals surface area contributed by atoms with E-state index in [1.54, 1.807) is 13.8 Å². The molecular formula is C5H14N2O3S. The van der Waals surface area contributed by atoms with Gasteiger partial charge < -0.3 is 4.84 Å². The van der Waals surface area contributed by atoms with E-state index in [2.05, 4.69) is 9.56 Å². The highest BCUT2D eigenvalue weighted by molar-refractivity contribution is 7.88. The van der Waals surface area contributed by atoms with Crippen molar-refractivity contribution >= 4 is 10.0 Å². The van der Waals surface area contributed by atoms with E-state index in [9.17, 15) is 8.42 Å². The predicted molar refractivity (Wildman–Crippen MR) is 42.2 cm³/mol. The Morgan fingerprint density at radius 3 is 2.27 bits per heavy atom. The van der Waals surface area contributed by atoms with Gasteiger partial charge in [0.15, 0.2) is 0 Å². The summed E-state index contributed by atoms with van der Waals surface area (Å²) in [5.74, 6) is 4.80. The first-order valence-electron chi connectivity index (χ1n) is 3.07. The van der Waals surface area contributed by atoms with Crippen molar-refractivity contribution in [3.05, 3.63) is 0 Å². The van der Waals surface area contributed by atoms with Crippen LogP contribution >= 0.6 is 0 Å². The highest BCUT2D eigenvalue weighted by atomic mass is 32.2. The van der Waals surface area contributed by atoms with Gasteiger partial charge in [-0.2, -0.15) is 0 Å². The van der Waals surface area contributed by atoms with Crippen LogP contribution in [0.4, 0.5) is 0 Å². The molecule has 0 bridgehead atoms. The maximum atomic E-state index is 10.7. The summed E-state index contributed by atoms with van der Waals surface area (Å²) in [5, 5.41) is 0. The van der Waals surface area contributed by atoms with Gasteiger partial charge in [0.1, 0.15) is 0 Å². The van der Waals surface area contributed by atoms with Gasteiger partial charge in [-0.1, -0.05) is 0 Å². The summed E-state index contributed by atoms with van der Waals surface area (Å²) in [4.78, 5) is 4.33. The van der Waals surface area contributed by atoms with Gasteiger partial charge in [0.25, 0.3) is 0 Å². The van der Waals surface area contributed by atoms with Crippen molar-refractivity contribution < 1.29 is 13.3 Å². The monoisotopic (exact) mass is 182 g/mol. The molecule has 0 rings (SSSR count). The van der Waals surface area contributed by atoms with Crippen molar-refractivity contribution in [3.63, 3.8) is 0 Å². The second-order valence-corrected chi connectivity index (χ2v) is 4.82. The topological polar surface area (TPSA) is 81.4 Å². The molecule has 3 N–H and O–H groups in total. The molecule has 0 unspecified atom stereocenters. The second-order valence-electron chi connectivity index (χ2n) is 3.07. The van der Waals surface area contributed by atoms with E-state index in [1.807, 2.05) is 0 Å². The summed E-state index contributed by atoms with van der Waals surface area (Å²) in [6.07, 6.45) is 1.09. The van der Waals surface area contributed by atoms with Crippen LogP contribution in [-0.4, -0.2) is 26.8 Å². The molecule has 0 aromatic heterocycles. The molecule has 0 fully saturated rings. The van der Waals surface area contributed by atoms with Crippen molar-refractivity contribution in [2.24, 2.45) is 5.90 Å². The molecule has 0 amide bonds. The van der Waals surface area contributed by atoms with Crippen molar-refractivity contribution in [1.29, 1.82) is 0 Å². The van der Waals surface area contributed by atoms with Crippen molar-refractivity contribution in [2.45, 2.75) is 19.4 Å². The SMILES string of the molecule is CC(C)(CON)NS(C)(=O)=O. The van der Waals surface area contributed by atoms with Crippen LogP contribution in [0.3, 0.4) is 0 Å². The molecule has 0 aliphatic carbocycles. The molecule has 0 aliphatic rings. The third kappa shape index (κ3) is 6.24. The Morgan fingerprint density at radius 1 is 1.55 bits per heavy atom. The van der Waals surface area contributed by atoms with Gasteiger partial charge in [0, 0.05) is 0 Å². The summed E-state index contributed by atoms with van der Waals surface area (Å²) in [6.45, 7) is 3.50. The smallest absolute Gasteiger partial charge is 0.209 e.